The summed E-state index contributed by atoms with van der Waals surface area (Å²) in [5.41, 5.74) is 2.47. The van der Waals surface area contributed by atoms with E-state index >= 15 is 0 Å². The van der Waals surface area contributed by atoms with E-state index in [9.17, 15) is 0 Å². The van der Waals surface area contributed by atoms with Crippen molar-refractivity contribution in [3.8, 4) is 0 Å². The summed E-state index contributed by atoms with van der Waals surface area (Å²) in [6, 6.07) is 0. The topological polar surface area (TPSA) is 30.2 Å². The molecule has 0 aromatic carbocycles. The van der Waals surface area contributed by atoms with Crippen LogP contribution < -0.4 is 0 Å². The van der Waals surface area contributed by atoms with Crippen molar-refractivity contribution in [3.05, 3.63) is 27.3 Å². The lowest BCUT2D eigenvalue weighted by molar-refractivity contribution is 1.05. The van der Waals surface area contributed by atoms with Crippen LogP contribution in [0.4, 0.5) is 0 Å². The van der Waals surface area contributed by atoms with Gasteiger partial charge >= 0.3 is 0 Å². The number of imidazole rings is 1. The molecule has 68 valence electrons. The zero-order valence-corrected chi connectivity index (χ0v) is 9.52. The van der Waals surface area contributed by atoms with Crippen LogP contribution >= 0.6 is 27.5 Å². The Kier molecular flexibility index (Phi) is 2.04. The maximum atomic E-state index is 5.93. The molecule has 0 aliphatic carbocycles. The molecule has 3 nitrogen and oxygen atoms in total. The third-order valence-corrected chi connectivity index (χ3v) is 3.00. The van der Waals surface area contributed by atoms with E-state index in [0.29, 0.717) is 10.8 Å². The van der Waals surface area contributed by atoms with Gasteiger partial charge in [-0.25, -0.2) is 9.97 Å². The second-order valence-electron chi connectivity index (χ2n) is 2.85. The molecule has 13 heavy (non-hydrogen) atoms. The summed E-state index contributed by atoms with van der Waals surface area (Å²) in [5, 5.41) is 0.439. The molecule has 0 aliphatic rings. The van der Waals surface area contributed by atoms with Crippen LogP contribution in [-0.4, -0.2) is 14.4 Å². The summed E-state index contributed by atoms with van der Waals surface area (Å²) in [6.07, 6.45) is 1.89. The number of hydrogen-bond donors (Lipinski definition) is 0. The van der Waals surface area contributed by atoms with Crippen LogP contribution in [0.2, 0.25) is 5.15 Å². The number of hydrogen-bond acceptors (Lipinski definition) is 2. The molecule has 0 saturated heterocycles. The second kappa shape index (κ2) is 2.96. The maximum Gasteiger partial charge on any atom is 0.176 e. The minimum atomic E-state index is 0.439. The van der Waals surface area contributed by atoms with Crippen LogP contribution in [0.15, 0.2) is 10.8 Å². The van der Waals surface area contributed by atoms with Crippen molar-refractivity contribution in [1.29, 1.82) is 0 Å². The molecule has 0 atom stereocenters. The smallest absolute Gasteiger partial charge is 0.176 e. The van der Waals surface area contributed by atoms with Gasteiger partial charge in [-0.2, -0.15) is 0 Å². The van der Waals surface area contributed by atoms with Gasteiger partial charge in [0.2, 0.25) is 0 Å². The molecule has 0 amide bonds. The summed E-state index contributed by atoms with van der Waals surface area (Å²) < 4.78 is 2.81. The fraction of sp³-hybridized carbons (Fsp3) is 0.250. The average molecular weight is 261 g/mol. The van der Waals surface area contributed by atoms with Crippen molar-refractivity contribution in [1.82, 2.24) is 14.4 Å². The Morgan fingerprint density at radius 3 is 2.77 bits per heavy atom. The van der Waals surface area contributed by atoms with Crippen LogP contribution in [0.25, 0.3) is 5.65 Å². The first-order chi connectivity index (χ1) is 6.09. The molecule has 2 heterocycles. The highest BCUT2D eigenvalue weighted by Gasteiger charge is 2.09. The van der Waals surface area contributed by atoms with Crippen LogP contribution in [0.3, 0.4) is 0 Å². The van der Waals surface area contributed by atoms with Gasteiger partial charge in [0.25, 0.3) is 0 Å². The van der Waals surface area contributed by atoms with Crippen molar-refractivity contribution in [2.24, 2.45) is 0 Å². The van der Waals surface area contributed by atoms with Crippen molar-refractivity contribution in [3.63, 3.8) is 0 Å². The molecule has 2 aromatic heterocycles. The number of nitrogens with zero attached hydrogens (tertiary/aromatic N) is 3. The van der Waals surface area contributed by atoms with Gasteiger partial charge in [-0.05, 0) is 29.8 Å². The zero-order valence-electron chi connectivity index (χ0n) is 7.17. The van der Waals surface area contributed by atoms with E-state index in [1.54, 1.807) is 0 Å². The second-order valence-corrected chi connectivity index (χ2v) is 3.96. The standard InChI is InChI=1S/C8H7BrClN3/c1-4-3-13-6(9)5(2)12-8(13)7(10)11-4/h3H,1-2H3. The van der Waals surface area contributed by atoms with Gasteiger partial charge in [0.15, 0.2) is 10.8 Å². The molecule has 0 N–H and O–H groups in total. The lowest BCUT2D eigenvalue weighted by atomic mass is 10.5. The van der Waals surface area contributed by atoms with Crippen LogP contribution in [0.1, 0.15) is 11.4 Å². The molecular weight excluding hydrogens is 253 g/mol. The minimum Gasteiger partial charge on any atom is -0.290 e. The average Bonchev–Trinajstić information content (AvgIpc) is 2.32. The molecule has 0 spiro atoms. The predicted octanol–water partition coefficient (Wildman–Crippen LogP) is 2.76. The first-order valence-corrected chi connectivity index (χ1v) is 4.94. The lowest BCUT2D eigenvalue weighted by Crippen LogP contribution is -1.91. The highest BCUT2D eigenvalue weighted by Crippen LogP contribution is 2.22. The SMILES string of the molecule is Cc1cn2c(Br)c(C)nc2c(Cl)n1. The zero-order chi connectivity index (χ0) is 9.59. The monoisotopic (exact) mass is 259 g/mol. The molecule has 0 aliphatic heterocycles. The molecule has 5 heteroatoms. The number of rotatable bonds is 0. The van der Waals surface area contributed by atoms with E-state index in [4.69, 9.17) is 11.6 Å². The number of aryl methyl sites for hydroxylation is 2. The summed E-state index contributed by atoms with van der Waals surface area (Å²) in [6.45, 7) is 3.82. The fourth-order valence-electron chi connectivity index (χ4n) is 1.21. The van der Waals surface area contributed by atoms with Gasteiger partial charge in [0, 0.05) is 6.20 Å². The first-order valence-electron chi connectivity index (χ1n) is 3.77. The Morgan fingerprint density at radius 2 is 2.08 bits per heavy atom. The van der Waals surface area contributed by atoms with Crippen LogP contribution in [-0.2, 0) is 0 Å². The maximum absolute atomic E-state index is 5.93. The van der Waals surface area contributed by atoms with Gasteiger partial charge < -0.3 is 0 Å². The van der Waals surface area contributed by atoms with E-state index in [2.05, 4.69) is 25.9 Å². The van der Waals surface area contributed by atoms with Crippen molar-refractivity contribution in [2.75, 3.05) is 0 Å². The highest BCUT2D eigenvalue weighted by atomic mass is 79.9. The summed E-state index contributed by atoms with van der Waals surface area (Å²) >= 11 is 9.37. The van der Waals surface area contributed by atoms with E-state index in [-0.39, 0.29) is 0 Å². The molecule has 2 aromatic rings. The Bertz CT molecular complexity index is 478. The quantitative estimate of drug-likeness (QED) is 0.729. The van der Waals surface area contributed by atoms with Gasteiger partial charge in [-0.15, -0.1) is 0 Å². The molecular formula is C8H7BrClN3. The third-order valence-electron chi connectivity index (χ3n) is 1.79. The number of aromatic nitrogens is 3. The van der Waals surface area contributed by atoms with Crippen molar-refractivity contribution >= 4 is 33.2 Å². The molecule has 0 fully saturated rings. The van der Waals surface area contributed by atoms with Crippen LogP contribution in [0, 0.1) is 13.8 Å². The molecule has 0 bridgehead atoms. The Balaban J connectivity index is 2.94. The van der Waals surface area contributed by atoms with E-state index < -0.39 is 0 Å². The lowest BCUT2D eigenvalue weighted by Gasteiger charge is -1.98. The van der Waals surface area contributed by atoms with Crippen molar-refractivity contribution in [2.45, 2.75) is 13.8 Å². The van der Waals surface area contributed by atoms with E-state index in [0.717, 1.165) is 16.0 Å². The molecule has 0 unspecified atom stereocenters. The van der Waals surface area contributed by atoms with Gasteiger partial charge in [0.1, 0.15) is 4.60 Å². The van der Waals surface area contributed by atoms with E-state index in [1.807, 2.05) is 24.4 Å². The minimum absolute atomic E-state index is 0.439. The summed E-state index contributed by atoms with van der Waals surface area (Å²) in [5.74, 6) is 0. The van der Waals surface area contributed by atoms with Gasteiger partial charge in [-0.1, -0.05) is 11.6 Å². The first kappa shape index (κ1) is 8.97. The number of halogens is 2. The molecule has 0 radical (unpaired) electrons. The number of fused-ring (bicyclic) bond motifs is 1. The predicted molar refractivity (Wildman–Crippen MR) is 55.2 cm³/mol. The van der Waals surface area contributed by atoms with E-state index in [1.165, 1.54) is 0 Å². The Hall–Kier alpha value is -0.610. The third kappa shape index (κ3) is 1.34. The summed E-state index contributed by atoms with van der Waals surface area (Å²) in [7, 11) is 0. The van der Waals surface area contributed by atoms with Crippen molar-refractivity contribution < 1.29 is 0 Å². The van der Waals surface area contributed by atoms with Gasteiger partial charge in [0.05, 0.1) is 11.4 Å². The Morgan fingerprint density at radius 1 is 1.38 bits per heavy atom. The summed E-state index contributed by atoms with van der Waals surface area (Å²) in [4.78, 5) is 8.39. The largest absolute Gasteiger partial charge is 0.290 e. The van der Waals surface area contributed by atoms with Gasteiger partial charge in [-0.3, -0.25) is 4.40 Å². The highest BCUT2D eigenvalue weighted by molar-refractivity contribution is 9.10. The fourth-order valence-corrected chi connectivity index (χ4v) is 1.84. The Labute approximate surface area is 88.9 Å². The molecule has 0 saturated carbocycles. The molecule has 2 rings (SSSR count). The normalized spacial score (nSPS) is 11.1. The van der Waals surface area contributed by atoms with Crippen LogP contribution in [0.5, 0.6) is 0 Å².